The van der Waals surface area contributed by atoms with Gasteiger partial charge in [0.25, 0.3) is 0 Å². The number of nitroso groups, excluding NO2 is 1. The molecule has 0 aromatic heterocycles. The minimum absolute atomic E-state index is 2.83. The summed E-state index contributed by atoms with van der Waals surface area (Å²) in [4.78, 5) is 7.25. The van der Waals surface area contributed by atoms with Gasteiger partial charge < -0.3 is 10.5 Å². The molecule has 0 atom stereocenters. The molecule has 0 aliphatic carbocycles. The summed E-state index contributed by atoms with van der Waals surface area (Å²) in [5, 5.41) is 0. The van der Waals surface area contributed by atoms with Crippen LogP contribution in [0, 0.1) is 4.91 Å². The Labute approximate surface area is 36.0 Å². The summed E-state index contributed by atoms with van der Waals surface area (Å²) in [5.41, 5.74) is 5.75. The summed E-state index contributed by atoms with van der Waals surface area (Å²) >= 11 is 2.83. The summed E-state index contributed by atoms with van der Waals surface area (Å²) in [7, 11) is 3.83. The Morgan fingerprint density at radius 2 is 1.50 bits per heavy atom. The van der Waals surface area contributed by atoms with E-state index in [0.29, 0.717) is 0 Å². The van der Waals surface area contributed by atoms with Crippen LogP contribution in [-0.2, 0) is 14.4 Å². The van der Waals surface area contributed by atoms with E-state index in [1.54, 1.807) is 0 Å². The Kier molecular flexibility index (Phi) is 351. The van der Waals surface area contributed by atoms with Crippen molar-refractivity contribution in [2.75, 3.05) is 0 Å². The molecule has 0 aliphatic rings. The Morgan fingerprint density at radius 1 is 1.50 bits per heavy atom. The van der Waals surface area contributed by atoms with Crippen molar-refractivity contribution in [3.8, 4) is 0 Å². The quantitative estimate of drug-likeness (QED) is 0.444. The molecule has 0 spiro atoms. The molecule has 0 aliphatic heterocycles. The predicted octanol–water partition coefficient (Wildman–Crippen LogP) is 0.968. The molecule has 0 aromatic carbocycles. The first-order valence-electron chi connectivity index (χ1n) is 0.327. The summed E-state index contributed by atoms with van der Waals surface area (Å²) < 4.78 is 0. The molecule has 0 aromatic rings. The summed E-state index contributed by atoms with van der Waals surface area (Å²) in [5.74, 6) is 0. The third kappa shape index (κ3) is 36.4. The second-order valence-corrected chi connectivity index (χ2v) is 0. The van der Waals surface area contributed by atoms with Crippen LogP contribution < -0.4 is 0 Å². The maximum absolute atomic E-state index is 7.25. The molecule has 0 unspecified atom stereocenters. The molecule has 2 nitrogen and oxygen atoms in total. The number of rotatable bonds is 0. The van der Waals surface area contributed by atoms with Gasteiger partial charge in [-0.15, -0.1) is 0 Å². The van der Waals surface area contributed by atoms with E-state index in [4.69, 9.17) is 10.5 Å². The van der Waals surface area contributed by atoms with Crippen molar-refractivity contribution < 1.29 is 14.4 Å². The van der Waals surface area contributed by atoms with Crippen LogP contribution in [0.3, 0.4) is 0 Å². The van der Waals surface area contributed by atoms with Crippen molar-refractivity contribution in [3.05, 3.63) is 10.5 Å². The second-order valence-electron chi connectivity index (χ2n) is 0. The Bertz CT molecular complexity index is 10.0. The van der Waals surface area contributed by atoms with Gasteiger partial charge in [-0.25, -0.2) is 0 Å². The van der Waals surface area contributed by atoms with Crippen molar-refractivity contribution in [1.82, 2.24) is 0 Å². The second kappa shape index (κ2) is 159. The first-order chi connectivity index (χ1) is 2.00. The third-order valence-corrected chi connectivity index (χ3v) is 0. The van der Waals surface area contributed by atoms with E-state index in [1.807, 2.05) is 0 Å². The van der Waals surface area contributed by atoms with Crippen molar-refractivity contribution >= 4 is 10.6 Å². The van der Waals surface area contributed by atoms with Gasteiger partial charge in [-0.3, -0.25) is 0 Å². The summed E-state index contributed by atoms with van der Waals surface area (Å²) in [6, 6.07) is 0. The van der Waals surface area contributed by atoms with Crippen LogP contribution in [-0.4, -0.2) is 0 Å². The van der Waals surface area contributed by atoms with Gasteiger partial charge in [0.05, 0.1) is 0 Å². The Hall–Kier alpha value is 0.339. The van der Waals surface area contributed by atoms with Crippen molar-refractivity contribution in [2.24, 2.45) is 0 Å². The molecule has 0 saturated heterocycles. The van der Waals surface area contributed by atoms with Crippen LogP contribution in [0.4, 0.5) is 0 Å². The molecule has 0 radical (unpaired) electrons. The fraction of sp³-hybridized carbons (Fsp3) is 0. The van der Waals surface area contributed by atoms with E-state index in [2.05, 4.69) is 24.9 Å². The molecule has 0 N–H and O–H groups in total. The zero-order valence-electron chi connectivity index (χ0n) is 1.62. The van der Waals surface area contributed by atoms with Gasteiger partial charge in [0, 0.05) is 0 Å². The van der Waals surface area contributed by atoms with Crippen LogP contribution in [0.1, 0.15) is 0 Å². The van der Waals surface area contributed by atoms with E-state index in [9.17, 15) is 0 Å². The van der Waals surface area contributed by atoms with Crippen molar-refractivity contribution in [1.29, 1.82) is 0 Å². The Balaban J connectivity index is 0. The van der Waals surface area contributed by atoms with E-state index in [0.717, 1.165) is 0 Å². The first kappa shape index (κ1) is 8.84. The third-order valence-electron chi connectivity index (χ3n) is 0. The van der Waals surface area contributed by atoms with Crippen LogP contribution >= 0.6 is 10.6 Å². The molecule has 0 bridgehead atoms. The fourth-order valence-electron chi connectivity index (χ4n) is 0. The normalized spacial score (nSPS) is 2.00. The van der Waals surface area contributed by atoms with E-state index in [1.165, 1.54) is 0 Å². The Morgan fingerprint density at radius 3 is 1.50 bits per heavy atom. The van der Waals surface area contributed by atoms with Crippen LogP contribution in [0.5, 0.6) is 0 Å². The fourth-order valence-corrected chi connectivity index (χ4v) is 0. The van der Waals surface area contributed by atoms with E-state index < -0.39 is 0 Å². The monoisotopic (exact) mass is 118 g/mol. The molecular formula is FeNOS. The minimum atomic E-state index is 2.83. The van der Waals surface area contributed by atoms with Gasteiger partial charge in [-0.1, -0.05) is 0 Å². The molecule has 0 fully saturated rings. The van der Waals surface area contributed by atoms with Gasteiger partial charge in [0.1, 0.15) is 0 Å². The van der Waals surface area contributed by atoms with Crippen molar-refractivity contribution in [2.45, 2.75) is 0 Å². The van der Waals surface area contributed by atoms with Gasteiger partial charge in [0.15, 0.2) is 0 Å². The maximum atomic E-state index is 7.25. The molecular weight excluding hydrogens is 118 g/mol. The van der Waals surface area contributed by atoms with Gasteiger partial charge >= 0.3 is 24.9 Å². The molecule has 0 rings (SSSR count). The average Bonchev–Trinajstić information content (AvgIpc) is 1.50. The number of nitrogens with zero attached hydrogens (tertiary/aromatic N) is 1. The number of hydrogen-bond donors (Lipinski definition) is 0. The van der Waals surface area contributed by atoms with Gasteiger partial charge in [-0.2, -0.15) is 0 Å². The topological polar surface area (TPSA) is 39.4 Å². The van der Waals surface area contributed by atoms with E-state index >= 15 is 0 Å². The molecule has 0 amide bonds. The summed E-state index contributed by atoms with van der Waals surface area (Å²) in [6.07, 6.45) is 0. The molecule has 0 heterocycles. The van der Waals surface area contributed by atoms with Crippen LogP contribution in [0.15, 0.2) is 0 Å². The standard InChI is InChI=1S/Fe.NO.S/c;1-2;/q+1;-1;. The SMILES string of the molecule is [N-]=O.[S]=[Fe+]. The van der Waals surface area contributed by atoms with Gasteiger partial charge in [0.2, 0.25) is 0 Å². The van der Waals surface area contributed by atoms with E-state index in [-0.39, 0.29) is 0 Å². The zero-order valence-corrected chi connectivity index (χ0v) is 3.54. The van der Waals surface area contributed by atoms with Crippen molar-refractivity contribution in [3.63, 3.8) is 0 Å². The zero-order chi connectivity index (χ0) is 4.00. The van der Waals surface area contributed by atoms with Gasteiger partial charge in [-0.05, 0) is 0 Å². The molecule has 4 heteroatoms. The van der Waals surface area contributed by atoms with Crippen LogP contribution in [0.2, 0.25) is 0 Å². The summed E-state index contributed by atoms with van der Waals surface area (Å²) in [6.45, 7) is 0. The molecule has 25 valence electrons. The predicted molar refractivity (Wildman–Crippen MR) is 14.3 cm³/mol. The molecule has 4 heavy (non-hydrogen) atoms. The van der Waals surface area contributed by atoms with Crippen LogP contribution in [0.25, 0.3) is 5.59 Å². The first-order valence-corrected chi connectivity index (χ1v) is 1.97. The molecule has 0 saturated carbocycles. The number of hydrogen-bond acceptors (Lipinski definition) is 2. The average molecular weight is 118 g/mol.